The Balaban J connectivity index is 2.33. The average Bonchev–Trinajstić information content (AvgIpc) is 2.79. The van der Waals surface area contributed by atoms with Crippen LogP contribution in [0.25, 0.3) is 0 Å². The van der Waals surface area contributed by atoms with Crippen LogP contribution in [0.5, 0.6) is 0 Å². The van der Waals surface area contributed by atoms with Gasteiger partial charge in [0.2, 0.25) is 11.6 Å². The summed E-state index contributed by atoms with van der Waals surface area (Å²) in [5.74, 6) is -6.49. The molecule has 8 heteroatoms. The quantitative estimate of drug-likeness (QED) is 0.694. The Hall–Kier alpha value is -1.70. The van der Waals surface area contributed by atoms with Crippen LogP contribution in [0.3, 0.4) is 0 Å². The topological polar surface area (TPSA) is 37.8 Å². The molecule has 0 fully saturated rings. The summed E-state index contributed by atoms with van der Waals surface area (Å²) in [6.45, 7) is 3.40. The Morgan fingerprint density at radius 1 is 1.16 bits per heavy atom. The molecule has 0 bridgehead atoms. The molecule has 3 nitrogen and oxygen atoms in total. The van der Waals surface area contributed by atoms with Crippen LogP contribution in [0.1, 0.15) is 22.9 Å². The molecule has 1 N–H and O–H groups in total. The van der Waals surface area contributed by atoms with E-state index in [4.69, 9.17) is 0 Å². The highest BCUT2D eigenvalue weighted by molar-refractivity contribution is 7.11. The van der Waals surface area contributed by atoms with E-state index in [1.54, 1.807) is 13.1 Å². The van der Waals surface area contributed by atoms with Gasteiger partial charge in [0.1, 0.15) is 10.7 Å². The van der Waals surface area contributed by atoms with E-state index in [1.807, 2.05) is 6.92 Å². The molecule has 0 aliphatic rings. The Labute approximate surface area is 110 Å². The molecule has 2 aromatic heterocycles. The molecule has 2 aromatic rings. The van der Waals surface area contributed by atoms with E-state index >= 15 is 0 Å². The van der Waals surface area contributed by atoms with Gasteiger partial charge in [0.25, 0.3) is 11.9 Å². The highest BCUT2D eigenvalue weighted by Crippen LogP contribution is 2.28. The van der Waals surface area contributed by atoms with Gasteiger partial charge in [-0.3, -0.25) is 0 Å². The van der Waals surface area contributed by atoms with Crippen molar-refractivity contribution in [3.8, 4) is 0 Å². The highest BCUT2D eigenvalue weighted by Gasteiger charge is 2.23. The normalized spacial score (nSPS) is 12.5. The van der Waals surface area contributed by atoms with E-state index in [2.05, 4.69) is 15.3 Å². The van der Waals surface area contributed by atoms with E-state index in [0.717, 1.165) is 4.88 Å². The summed E-state index contributed by atoms with van der Waals surface area (Å²) in [5, 5.41) is 2.92. The SMILES string of the molecule is Cc1cnc(C(C)Nc2c(F)c(F)nc(F)c2F)s1. The third-order valence-electron chi connectivity index (χ3n) is 2.37. The molecule has 0 saturated heterocycles. The van der Waals surface area contributed by atoms with Gasteiger partial charge in [-0.1, -0.05) is 0 Å². The van der Waals surface area contributed by atoms with Gasteiger partial charge in [-0.15, -0.1) is 11.3 Å². The van der Waals surface area contributed by atoms with Crippen molar-refractivity contribution in [3.05, 3.63) is 39.6 Å². The van der Waals surface area contributed by atoms with Crippen LogP contribution in [0.2, 0.25) is 0 Å². The summed E-state index contributed by atoms with van der Waals surface area (Å²) < 4.78 is 52.7. The second kappa shape index (κ2) is 5.12. The van der Waals surface area contributed by atoms with Crippen LogP contribution in [-0.4, -0.2) is 9.97 Å². The molecular weight excluding hydrogens is 282 g/mol. The minimum atomic E-state index is -1.69. The van der Waals surface area contributed by atoms with Crippen LogP contribution < -0.4 is 5.32 Å². The molecule has 0 aliphatic carbocycles. The zero-order chi connectivity index (χ0) is 14.2. The molecule has 2 rings (SSSR count). The van der Waals surface area contributed by atoms with E-state index in [0.29, 0.717) is 5.01 Å². The second-order valence-electron chi connectivity index (χ2n) is 3.87. The van der Waals surface area contributed by atoms with Crippen molar-refractivity contribution in [2.75, 3.05) is 5.32 Å². The maximum absolute atomic E-state index is 13.4. The molecule has 19 heavy (non-hydrogen) atoms. The molecule has 0 spiro atoms. The molecule has 1 atom stereocenters. The second-order valence-corrected chi connectivity index (χ2v) is 5.14. The maximum atomic E-state index is 13.4. The van der Waals surface area contributed by atoms with Crippen molar-refractivity contribution >= 4 is 17.0 Å². The van der Waals surface area contributed by atoms with Crippen LogP contribution in [-0.2, 0) is 0 Å². The van der Waals surface area contributed by atoms with E-state index < -0.39 is 35.3 Å². The smallest absolute Gasteiger partial charge is 0.253 e. The van der Waals surface area contributed by atoms with E-state index in [1.165, 1.54) is 11.3 Å². The summed E-state index contributed by atoms with van der Waals surface area (Å²) in [7, 11) is 0. The predicted molar refractivity (Wildman–Crippen MR) is 63.0 cm³/mol. The van der Waals surface area contributed by atoms with Crippen molar-refractivity contribution in [2.24, 2.45) is 0 Å². The number of anilines is 1. The standard InChI is InChI=1S/C11H9F4N3S/c1-4-3-16-11(19-4)5(2)17-8-6(12)9(14)18-10(15)7(8)13/h3,5H,1-2H3,(H,17,18). The van der Waals surface area contributed by atoms with Gasteiger partial charge in [0.15, 0.2) is 0 Å². The van der Waals surface area contributed by atoms with Crippen molar-refractivity contribution in [1.29, 1.82) is 0 Å². The maximum Gasteiger partial charge on any atom is 0.253 e. The molecule has 0 aliphatic heterocycles. The van der Waals surface area contributed by atoms with Crippen LogP contribution in [0.15, 0.2) is 6.20 Å². The van der Waals surface area contributed by atoms with Gasteiger partial charge >= 0.3 is 0 Å². The first kappa shape index (κ1) is 13.7. The molecule has 0 aromatic carbocycles. The summed E-state index contributed by atoms with van der Waals surface area (Å²) in [4.78, 5) is 7.42. The third kappa shape index (κ3) is 2.67. The van der Waals surface area contributed by atoms with Gasteiger partial charge in [-0.2, -0.15) is 22.5 Å². The first-order valence-corrected chi connectivity index (χ1v) is 6.10. The zero-order valence-electron chi connectivity index (χ0n) is 9.97. The lowest BCUT2D eigenvalue weighted by Gasteiger charge is -2.14. The number of halogens is 4. The van der Waals surface area contributed by atoms with Gasteiger partial charge in [0.05, 0.1) is 6.04 Å². The summed E-state index contributed by atoms with van der Waals surface area (Å²) in [6.07, 6.45) is 1.60. The first-order valence-electron chi connectivity index (χ1n) is 5.29. The fourth-order valence-electron chi connectivity index (χ4n) is 1.46. The first-order chi connectivity index (χ1) is 8.90. The van der Waals surface area contributed by atoms with E-state index in [-0.39, 0.29) is 0 Å². The molecule has 1 unspecified atom stereocenters. The van der Waals surface area contributed by atoms with Crippen molar-refractivity contribution in [3.63, 3.8) is 0 Å². The van der Waals surface area contributed by atoms with Gasteiger partial charge in [-0.05, 0) is 13.8 Å². The Morgan fingerprint density at radius 3 is 2.21 bits per heavy atom. The Morgan fingerprint density at radius 2 is 1.74 bits per heavy atom. The van der Waals surface area contributed by atoms with Crippen molar-refractivity contribution in [1.82, 2.24) is 9.97 Å². The van der Waals surface area contributed by atoms with Crippen LogP contribution in [0, 0.1) is 30.5 Å². The molecule has 2 heterocycles. The monoisotopic (exact) mass is 291 g/mol. The highest BCUT2D eigenvalue weighted by atomic mass is 32.1. The third-order valence-corrected chi connectivity index (χ3v) is 3.46. The molecule has 0 saturated carbocycles. The number of aryl methyl sites for hydroxylation is 1. The van der Waals surface area contributed by atoms with Crippen molar-refractivity contribution in [2.45, 2.75) is 19.9 Å². The number of pyridine rings is 1. The number of aromatic nitrogens is 2. The lowest BCUT2D eigenvalue weighted by molar-refractivity contribution is 0.410. The Bertz CT molecular complexity index is 588. The minimum absolute atomic E-state index is 0.550. The number of nitrogens with one attached hydrogen (secondary N) is 1. The number of hydrogen-bond acceptors (Lipinski definition) is 4. The van der Waals surface area contributed by atoms with Gasteiger partial charge in [-0.25, -0.2) is 4.98 Å². The van der Waals surface area contributed by atoms with Gasteiger partial charge in [0, 0.05) is 11.1 Å². The number of nitrogens with zero attached hydrogens (tertiary/aromatic N) is 2. The zero-order valence-corrected chi connectivity index (χ0v) is 10.8. The lowest BCUT2D eigenvalue weighted by Crippen LogP contribution is -2.12. The minimum Gasteiger partial charge on any atom is -0.371 e. The number of hydrogen-bond donors (Lipinski definition) is 1. The summed E-state index contributed by atoms with van der Waals surface area (Å²) in [5.41, 5.74) is -0.884. The summed E-state index contributed by atoms with van der Waals surface area (Å²) >= 11 is 1.31. The lowest BCUT2D eigenvalue weighted by atomic mass is 10.3. The van der Waals surface area contributed by atoms with Crippen LogP contribution >= 0.6 is 11.3 Å². The summed E-state index contributed by atoms with van der Waals surface area (Å²) in [6, 6.07) is -0.594. The van der Waals surface area contributed by atoms with Crippen LogP contribution in [0.4, 0.5) is 23.2 Å². The number of rotatable bonds is 3. The molecule has 102 valence electrons. The number of thiazole rings is 1. The van der Waals surface area contributed by atoms with Crippen molar-refractivity contribution < 1.29 is 17.6 Å². The molecule has 0 radical (unpaired) electrons. The Kier molecular flexibility index (Phi) is 3.70. The molecule has 0 amide bonds. The fraction of sp³-hybridized carbons (Fsp3) is 0.273. The largest absolute Gasteiger partial charge is 0.371 e. The molecular formula is C11H9F4N3S. The van der Waals surface area contributed by atoms with Gasteiger partial charge < -0.3 is 5.32 Å². The van der Waals surface area contributed by atoms with E-state index in [9.17, 15) is 17.6 Å². The predicted octanol–water partition coefficient (Wildman–Crippen LogP) is 3.58. The fourth-order valence-corrected chi connectivity index (χ4v) is 2.24. The average molecular weight is 291 g/mol.